The predicted molar refractivity (Wildman–Crippen MR) is 92.0 cm³/mol. The van der Waals surface area contributed by atoms with Gasteiger partial charge in [0.1, 0.15) is 6.10 Å². The van der Waals surface area contributed by atoms with E-state index in [0.29, 0.717) is 18.7 Å². The first-order valence-corrected chi connectivity index (χ1v) is 9.33. The molecule has 0 unspecified atom stereocenters. The molecule has 3 aliphatic rings. The molecule has 0 radical (unpaired) electrons. The van der Waals surface area contributed by atoms with Crippen LogP contribution in [0, 0.1) is 0 Å². The summed E-state index contributed by atoms with van der Waals surface area (Å²) in [6.45, 7) is 3.11. The summed E-state index contributed by atoms with van der Waals surface area (Å²) in [5.41, 5.74) is 0.416. The third-order valence-corrected chi connectivity index (χ3v) is 5.82. The van der Waals surface area contributed by atoms with Crippen LogP contribution in [0.5, 0.6) is 0 Å². The lowest BCUT2D eigenvalue weighted by atomic mass is 9.88. The average molecular weight is 343 g/mol. The van der Waals surface area contributed by atoms with Crippen molar-refractivity contribution in [1.29, 1.82) is 0 Å². The van der Waals surface area contributed by atoms with Crippen LogP contribution < -0.4 is 0 Å². The zero-order valence-corrected chi connectivity index (χ0v) is 14.5. The number of ether oxygens (including phenoxy) is 1. The van der Waals surface area contributed by atoms with E-state index in [9.17, 15) is 9.59 Å². The quantitative estimate of drug-likeness (QED) is 0.822. The lowest BCUT2D eigenvalue weighted by Gasteiger charge is -2.39. The molecule has 3 fully saturated rings. The van der Waals surface area contributed by atoms with Gasteiger partial charge in [0.2, 0.25) is 0 Å². The zero-order chi connectivity index (χ0) is 17.3. The second-order valence-electron chi connectivity index (χ2n) is 7.39. The van der Waals surface area contributed by atoms with Crippen LogP contribution in [0.1, 0.15) is 48.9 Å². The molecule has 4 rings (SSSR count). The number of hydrogen-bond donors (Lipinski definition) is 0. The Morgan fingerprint density at radius 3 is 2.52 bits per heavy atom. The van der Waals surface area contributed by atoms with Gasteiger partial charge in [-0.3, -0.25) is 14.6 Å². The number of carbonyl (C=O) groups is 2. The van der Waals surface area contributed by atoms with Crippen molar-refractivity contribution >= 4 is 11.8 Å². The molecular formula is C19H25N3O3. The van der Waals surface area contributed by atoms with E-state index in [4.69, 9.17) is 4.74 Å². The number of hydrogen-bond acceptors (Lipinski definition) is 4. The molecule has 1 spiro atoms. The Kier molecular flexibility index (Phi) is 4.46. The number of pyridine rings is 1. The second kappa shape index (κ2) is 6.75. The summed E-state index contributed by atoms with van der Waals surface area (Å²) in [6, 6.07) is 3.59. The molecule has 0 aromatic carbocycles. The first-order chi connectivity index (χ1) is 12.2. The number of amides is 2. The van der Waals surface area contributed by atoms with Crippen molar-refractivity contribution in [3.8, 4) is 0 Å². The highest BCUT2D eigenvalue weighted by Gasteiger charge is 2.46. The lowest BCUT2D eigenvalue weighted by Crippen LogP contribution is -2.47. The van der Waals surface area contributed by atoms with Gasteiger partial charge in [-0.25, -0.2) is 0 Å². The molecule has 25 heavy (non-hydrogen) atoms. The summed E-state index contributed by atoms with van der Waals surface area (Å²) in [6.07, 6.45) is 8.57. The Morgan fingerprint density at radius 1 is 1.08 bits per heavy atom. The van der Waals surface area contributed by atoms with Gasteiger partial charge in [-0.1, -0.05) is 0 Å². The number of nitrogens with zero attached hydrogens (tertiary/aromatic N) is 3. The highest BCUT2D eigenvalue weighted by Crippen LogP contribution is 2.39. The van der Waals surface area contributed by atoms with Gasteiger partial charge in [-0.05, 0) is 50.7 Å². The molecule has 3 aliphatic heterocycles. The van der Waals surface area contributed by atoms with E-state index >= 15 is 0 Å². The maximum Gasteiger partial charge on any atom is 0.255 e. The lowest BCUT2D eigenvalue weighted by molar-refractivity contribution is -0.149. The average Bonchev–Trinajstić information content (AvgIpc) is 3.33. The predicted octanol–water partition coefficient (Wildman–Crippen LogP) is 1.86. The van der Waals surface area contributed by atoms with Crippen molar-refractivity contribution in [1.82, 2.24) is 14.8 Å². The fourth-order valence-electron chi connectivity index (χ4n) is 4.29. The fraction of sp³-hybridized carbons (Fsp3) is 0.632. The number of carbonyl (C=O) groups excluding carboxylic acids is 2. The third kappa shape index (κ3) is 3.27. The second-order valence-corrected chi connectivity index (χ2v) is 7.39. The molecule has 6 nitrogen and oxygen atoms in total. The van der Waals surface area contributed by atoms with Crippen LogP contribution in [0.3, 0.4) is 0 Å². The molecule has 6 heteroatoms. The molecule has 0 aliphatic carbocycles. The molecule has 0 saturated carbocycles. The van der Waals surface area contributed by atoms with Crippen LogP contribution in [0.25, 0.3) is 0 Å². The van der Waals surface area contributed by atoms with Crippen LogP contribution in [0.2, 0.25) is 0 Å². The topological polar surface area (TPSA) is 62.7 Å². The van der Waals surface area contributed by atoms with E-state index < -0.39 is 0 Å². The van der Waals surface area contributed by atoms with Gasteiger partial charge in [-0.15, -0.1) is 0 Å². The smallest absolute Gasteiger partial charge is 0.255 e. The summed E-state index contributed by atoms with van der Waals surface area (Å²) in [4.78, 5) is 32.9. The van der Waals surface area contributed by atoms with E-state index in [2.05, 4.69) is 4.98 Å². The number of likely N-dealkylation sites (tertiary alicyclic amines) is 2. The summed E-state index contributed by atoms with van der Waals surface area (Å²) >= 11 is 0. The number of rotatable bonds is 2. The largest absolute Gasteiger partial charge is 0.362 e. The van der Waals surface area contributed by atoms with Crippen LogP contribution in [0.15, 0.2) is 24.5 Å². The van der Waals surface area contributed by atoms with Crippen LogP contribution in [-0.4, -0.2) is 64.5 Å². The Hall–Kier alpha value is -1.95. The van der Waals surface area contributed by atoms with E-state index in [1.165, 1.54) is 0 Å². The molecule has 1 aromatic heterocycles. The molecule has 1 aromatic rings. The van der Waals surface area contributed by atoms with Crippen molar-refractivity contribution in [2.75, 3.05) is 26.2 Å². The van der Waals surface area contributed by atoms with Crippen molar-refractivity contribution in [2.24, 2.45) is 0 Å². The number of aromatic nitrogens is 1. The molecule has 134 valence electrons. The van der Waals surface area contributed by atoms with Gasteiger partial charge < -0.3 is 14.5 Å². The van der Waals surface area contributed by atoms with Gasteiger partial charge in [0.15, 0.2) is 0 Å². The highest BCUT2D eigenvalue weighted by atomic mass is 16.5. The summed E-state index contributed by atoms with van der Waals surface area (Å²) in [5.74, 6) is 0.203. The van der Waals surface area contributed by atoms with E-state index in [1.54, 1.807) is 24.5 Å². The number of piperidine rings is 1. The molecule has 2 amide bonds. The monoisotopic (exact) mass is 343 g/mol. The van der Waals surface area contributed by atoms with E-state index in [1.807, 2.05) is 9.80 Å². The summed E-state index contributed by atoms with van der Waals surface area (Å²) in [7, 11) is 0. The zero-order valence-electron chi connectivity index (χ0n) is 14.5. The maximum atomic E-state index is 12.6. The summed E-state index contributed by atoms with van der Waals surface area (Å²) in [5, 5.41) is 0. The van der Waals surface area contributed by atoms with Crippen molar-refractivity contribution in [3.63, 3.8) is 0 Å². The standard InChI is InChI=1S/C19H25N3O3/c23-17(15-4-3-9-20-14-15)22-12-7-19(8-13-22)6-5-16(25-19)18(24)21-10-1-2-11-21/h3-4,9,14,16H,1-2,5-8,10-13H2/t16-/m0/s1. The first kappa shape index (κ1) is 16.5. The normalized spacial score (nSPS) is 25.5. The van der Waals surface area contributed by atoms with Crippen molar-refractivity contribution < 1.29 is 14.3 Å². The van der Waals surface area contributed by atoms with Gasteiger partial charge >= 0.3 is 0 Å². The van der Waals surface area contributed by atoms with Crippen LogP contribution in [0.4, 0.5) is 0 Å². The van der Waals surface area contributed by atoms with Crippen molar-refractivity contribution in [2.45, 2.75) is 50.2 Å². The minimum atomic E-state index is -0.279. The summed E-state index contributed by atoms with van der Waals surface area (Å²) < 4.78 is 6.26. The van der Waals surface area contributed by atoms with Gasteiger partial charge in [0.25, 0.3) is 11.8 Å². The van der Waals surface area contributed by atoms with E-state index in [-0.39, 0.29) is 23.5 Å². The van der Waals surface area contributed by atoms with Crippen LogP contribution in [-0.2, 0) is 9.53 Å². The van der Waals surface area contributed by atoms with Crippen molar-refractivity contribution in [3.05, 3.63) is 30.1 Å². The maximum absolute atomic E-state index is 12.6. The van der Waals surface area contributed by atoms with Crippen LogP contribution >= 0.6 is 0 Å². The van der Waals surface area contributed by atoms with Gasteiger partial charge in [0.05, 0.1) is 11.2 Å². The molecule has 0 bridgehead atoms. The van der Waals surface area contributed by atoms with Gasteiger partial charge in [-0.2, -0.15) is 0 Å². The minimum Gasteiger partial charge on any atom is -0.362 e. The van der Waals surface area contributed by atoms with E-state index in [0.717, 1.165) is 51.6 Å². The fourth-order valence-corrected chi connectivity index (χ4v) is 4.29. The Balaban J connectivity index is 1.34. The molecular weight excluding hydrogens is 318 g/mol. The Labute approximate surface area is 148 Å². The Morgan fingerprint density at radius 2 is 1.84 bits per heavy atom. The minimum absolute atomic E-state index is 0.0330. The van der Waals surface area contributed by atoms with Gasteiger partial charge in [0, 0.05) is 38.6 Å². The molecule has 0 N–H and O–H groups in total. The molecule has 3 saturated heterocycles. The molecule has 4 heterocycles. The first-order valence-electron chi connectivity index (χ1n) is 9.33. The third-order valence-electron chi connectivity index (χ3n) is 5.82. The molecule has 1 atom stereocenters. The SMILES string of the molecule is O=C(c1cccnc1)N1CCC2(CC[C@@H](C(=O)N3CCCC3)O2)CC1. The highest BCUT2D eigenvalue weighted by molar-refractivity contribution is 5.93. The Bertz CT molecular complexity index is 635.